The summed E-state index contributed by atoms with van der Waals surface area (Å²) in [6.07, 6.45) is 3.03. The fourth-order valence-electron chi connectivity index (χ4n) is 2.85. The smallest absolute Gasteiger partial charge is 0.124 e. The lowest BCUT2D eigenvalue weighted by Gasteiger charge is -2.36. The van der Waals surface area contributed by atoms with Gasteiger partial charge in [-0.3, -0.25) is 0 Å². The summed E-state index contributed by atoms with van der Waals surface area (Å²) in [7, 11) is 0. The fourth-order valence-corrected chi connectivity index (χ4v) is 2.85. The van der Waals surface area contributed by atoms with Crippen LogP contribution in [0.5, 0.6) is 5.75 Å². The van der Waals surface area contributed by atoms with Crippen molar-refractivity contribution in [2.45, 2.75) is 31.4 Å². The van der Waals surface area contributed by atoms with E-state index in [9.17, 15) is 4.39 Å². The molecule has 3 unspecified atom stereocenters. The molecule has 1 saturated heterocycles. The van der Waals surface area contributed by atoms with Crippen molar-refractivity contribution in [3.63, 3.8) is 0 Å². The van der Waals surface area contributed by atoms with Crippen LogP contribution < -0.4 is 10.5 Å². The molecule has 4 heteroatoms. The second-order valence-corrected chi connectivity index (χ2v) is 5.16. The Bertz CT molecular complexity index is 432. The first-order chi connectivity index (χ1) is 8.74. The summed E-state index contributed by atoms with van der Waals surface area (Å²) in [6.45, 7) is 1.59. The SMILES string of the molecule is NC1CC(C2CCCOC2)Oc2ccc(F)cc21. The third kappa shape index (κ3) is 2.22. The van der Waals surface area contributed by atoms with Crippen LogP contribution >= 0.6 is 0 Å². The van der Waals surface area contributed by atoms with Crippen molar-refractivity contribution in [2.24, 2.45) is 11.7 Å². The third-order valence-corrected chi connectivity index (χ3v) is 3.86. The molecule has 3 atom stereocenters. The molecule has 0 spiro atoms. The minimum absolute atomic E-state index is 0.0956. The van der Waals surface area contributed by atoms with Gasteiger partial charge in [-0.25, -0.2) is 4.39 Å². The van der Waals surface area contributed by atoms with Crippen LogP contribution in [0.15, 0.2) is 18.2 Å². The molecule has 0 bridgehead atoms. The van der Waals surface area contributed by atoms with E-state index in [-0.39, 0.29) is 18.0 Å². The molecular formula is C14H18FNO2. The van der Waals surface area contributed by atoms with E-state index in [0.29, 0.717) is 5.92 Å². The van der Waals surface area contributed by atoms with Gasteiger partial charge >= 0.3 is 0 Å². The maximum absolute atomic E-state index is 13.2. The average Bonchev–Trinajstić information content (AvgIpc) is 2.40. The molecule has 3 rings (SSSR count). The number of hydrogen-bond donors (Lipinski definition) is 1. The summed E-state index contributed by atoms with van der Waals surface area (Å²) in [5.41, 5.74) is 6.91. The van der Waals surface area contributed by atoms with E-state index < -0.39 is 0 Å². The topological polar surface area (TPSA) is 44.5 Å². The van der Waals surface area contributed by atoms with Crippen LogP contribution in [-0.2, 0) is 4.74 Å². The van der Waals surface area contributed by atoms with Gasteiger partial charge in [0.05, 0.1) is 6.61 Å². The molecule has 1 aromatic carbocycles. The molecule has 2 N–H and O–H groups in total. The summed E-state index contributed by atoms with van der Waals surface area (Å²) in [5.74, 6) is 0.876. The zero-order valence-electron chi connectivity index (χ0n) is 10.3. The Hall–Kier alpha value is -1.13. The highest BCUT2D eigenvalue weighted by Crippen LogP contribution is 2.37. The van der Waals surface area contributed by atoms with Gasteiger partial charge in [0, 0.05) is 30.6 Å². The van der Waals surface area contributed by atoms with Crippen LogP contribution in [0.1, 0.15) is 30.9 Å². The van der Waals surface area contributed by atoms with Crippen molar-refractivity contribution in [2.75, 3.05) is 13.2 Å². The molecule has 3 nitrogen and oxygen atoms in total. The van der Waals surface area contributed by atoms with Gasteiger partial charge in [-0.2, -0.15) is 0 Å². The van der Waals surface area contributed by atoms with Crippen LogP contribution in [0.2, 0.25) is 0 Å². The molecule has 1 aromatic rings. The van der Waals surface area contributed by atoms with Gasteiger partial charge in [0.2, 0.25) is 0 Å². The van der Waals surface area contributed by atoms with Gasteiger partial charge in [0.25, 0.3) is 0 Å². The van der Waals surface area contributed by atoms with Crippen LogP contribution in [0, 0.1) is 11.7 Å². The van der Waals surface area contributed by atoms with Gasteiger partial charge < -0.3 is 15.2 Å². The summed E-state index contributed by atoms with van der Waals surface area (Å²) < 4.78 is 24.7. The summed E-state index contributed by atoms with van der Waals surface area (Å²) in [5, 5.41) is 0. The Morgan fingerprint density at radius 1 is 1.33 bits per heavy atom. The number of fused-ring (bicyclic) bond motifs is 1. The maximum Gasteiger partial charge on any atom is 0.124 e. The third-order valence-electron chi connectivity index (χ3n) is 3.86. The van der Waals surface area contributed by atoms with Crippen molar-refractivity contribution < 1.29 is 13.9 Å². The minimum atomic E-state index is -0.257. The molecule has 0 amide bonds. The molecular weight excluding hydrogens is 233 g/mol. The second-order valence-electron chi connectivity index (χ2n) is 5.16. The summed E-state index contributed by atoms with van der Waals surface area (Å²) in [6, 6.07) is 4.44. The Morgan fingerprint density at radius 2 is 2.22 bits per heavy atom. The first-order valence-corrected chi connectivity index (χ1v) is 6.53. The molecule has 0 aromatic heterocycles. The first kappa shape index (κ1) is 11.9. The Labute approximate surface area is 106 Å². The number of nitrogens with two attached hydrogens (primary N) is 1. The fraction of sp³-hybridized carbons (Fsp3) is 0.571. The lowest BCUT2D eigenvalue weighted by Crippen LogP contribution is -2.39. The largest absolute Gasteiger partial charge is 0.490 e. The van der Waals surface area contributed by atoms with Gasteiger partial charge in [0.1, 0.15) is 17.7 Å². The number of rotatable bonds is 1. The molecule has 2 heterocycles. The molecule has 0 saturated carbocycles. The van der Waals surface area contributed by atoms with E-state index in [1.807, 2.05) is 0 Å². The highest BCUT2D eigenvalue weighted by atomic mass is 19.1. The van der Waals surface area contributed by atoms with Crippen molar-refractivity contribution >= 4 is 0 Å². The van der Waals surface area contributed by atoms with Crippen LogP contribution in [0.4, 0.5) is 4.39 Å². The van der Waals surface area contributed by atoms with Crippen molar-refractivity contribution in [3.8, 4) is 5.75 Å². The molecule has 2 aliphatic rings. The normalized spacial score (nSPS) is 31.6. The Balaban J connectivity index is 1.80. The lowest BCUT2D eigenvalue weighted by atomic mass is 9.87. The molecule has 18 heavy (non-hydrogen) atoms. The maximum atomic E-state index is 13.2. The van der Waals surface area contributed by atoms with Gasteiger partial charge in [-0.05, 0) is 31.0 Å². The van der Waals surface area contributed by atoms with Gasteiger partial charge in [-0.1, -0.05) is 0 Å². The average molecular weight is 251 g/mol. The predicted octanol–water partition coefficient (Wildman–Crippen LogP) is 2.40. The molecule has 1 fully saturated rings. The zero-order chi connectivity index (χ0) is 12.5. The van der Waals surface area contributed by atoms with Crippen LogP contribution in [0.25, 0.3) is 0 Å². The van der Waals surface area contributed by atoms with E-state index >= 15 is 0 Å². The molecule has 2 aliphatic heterocycles. The standard InChI is InChI=1S/C14H18FNO2/c15-10-3-4-13-11(6-10)12(16)7-14(18-13)9-2-1-5-17-8-9/h3-4,6,9,12,14H,1-2,5,7-8,16H2. The summed E-state index contributed by atoms with van der Waals surface area (Å²) >= 11 is 0. The predicted molar refractivity (Wildman–Crippen MR) is 65.9 cm³/mol. The zero-order valence-corrected chi connectivity index (χ0v) is 10.3. The Kier molecular flexibility index (Phi) is 3.22. The monoisotopic (exact) mass is 251 g/mol. The number of benzene rings is 1. The van der Waals surface area contributed by atoms with E-state index in [2.05, 4.69) is 0 Å². The lowest BCUT2D eigenvalue weighted by molar-refractivity contribution is -0.00929. The van der Waals surface area contributed by atoms with Crippen molar-refractivity contribution in [1.29, 1.82) is 0 Å². The minimum Gasteiger partial charge on any atom is -0.490 e. The molecule has 0 radical (unpaired) electrons. The van der Waals surface area contributed by atoms with E-state index in [1.54, 1.807) is 6.07 Å². The molecule has 0 aliphatic carbocycles. The summed E-state index contributed by atoms with van der Waals surface area (Å²) in [4.78, 5) is 0. The van der Waals surface area contributed by atoms with E-state index in [0.717, 1.165) is 43.8 Å². The molecule has 98 valence electrons. The quantitative estimate of drug-likeness (QED) is 0.833. The van der Waals surface area contributed by atoms with Crippen molar-refractivity contribution in [1.82, 2.24) is 0 Å². The van der Waals surface area contributed by atoms with E-state index in [4.69, 9.17) is 15.2 Å². The van der Waals surface area contributed by atoms with Crippen molar-refractivity contribution in [3.05, 3.63) is 29.6 Å². The van der Waals surface area contributed by atoms with E-state index in [1.165, 1.54) is 12.1 Å². The highest BCUT2D eigenvalue weighted by Gasteiger charge is 2.33. The Morgan fingerprint density at radius 3 is 3.00 bits per heavy atom. The number of ether oxygens (including phenoxy) is 2. The van der Waals surface area contributed by atoms with Gasteiger partial charge in [0.15, 0.2) is 0 Å². The van der Waals surface area contributed by atoms with Crippen LogP contribution in [-0.4, -0.2) is 19.3 Å². The highest BCUT2D eigenvalue weighted by molar-refractivity contribution is 5.38. The van der Waals surface area contributed by atoms with Gasteiger partial charge in [-0.15, -0.1) is 0 Å². The second kappa shape index (κ2) is 4.86. The van der Waals surface area contributed by atoms with Crippen LogP contribution in [0.3, 0.4) is 0 Å². The number of hydrogen-bond acceptors (Lipinski definition) is 3. The first-order valence-electron chi connectivity index (χ1n) is 6.53. The number of halogens is 1.